The van der Waals surface area contributed by atoms with Gasteiger partial charge in [0.2, 0.25) is 0 Å². The first-order valence-corrected chi connectivity index (χ1v) is 5.83. The van der Waals surface area contributed by atoms with Gasteiger partial charge in [-0.15, -0.1) is 0 Å². The topological polar surface area (TPSA) is 23.5 Å². The lowest BCUT2D eigenvalue weighted by molar-refractivity contribution is 0.221. The van der Waals surface area contributed by atoms with Gasteiger partial charge in [0.1, 0.15) is 5.75 Å². The Morgan fingerprint density at radius 2 is 1.93 bits per heavy atom. The number of aromatic hydroxyl groups is 1. The van der Waals surface area contributed by atoms with Crippen LogP contribution in [0.15, 0.2) is 18.2 Å². The molecule has 0 unspecified atom stereocenters. The van der Waals surface area contributed by atoms with Crippen LogP contribution in [0.4, 0.5) is 0 Å². The van der Waals surface area contributed by atoms with Gasteiger partial charge in [0.15, 0.2) is 0 Å². The zero-order chi connectivity index (χ0) is 10.7. The third kappa shape index (κ3) is 2.86. The minimum atomic E-state index is 0.166. The summed E-state index contributed by atoms with van der Waals surface area (Å²) in [6, 6.07) is 5.46. The first-order chi connectivity index (χ1) is 7.25. The fourth-order valence-electron chi connectivity index (χ4n) is 2.02. The van der Waals surface area contributed by atoms with E-state index < -0.39 is 0 Å². The highest BCUT2D eigenvalue weighted by atomic mass is 35.5. The zero-order valence-corrected chi connectivity index (χ0v) is 9.50. The molecule has 0 spiro atoms. The van der Waals surface area contributed by atoms with Crippen molar-refractivity contribution in [3.63, 3.8) is 0 Å². The van der Waals surface area contributed by atoms with Crippen molar-refractivity contribution in [2.24, 2.45) is 0 Å². The van der Waals surface area contributed by atoms with Crippen molar-refractivity contribution < 1.29 is 5.11 Å². The molecule has 1 N–H and O–H groups in total. The molecule has 1 aliphatic rings. The molecule has 2 nitrogen and oxygen atoms in total. The van der Waals surface area contributed by atoms with Gasteiger partial charge < -0.3 is 5.11 Å². The van der Waals surface area contributed by atoms with Crippen molar-refractivity contribution in [1.82, 2.24) is 4.90 Å². The Balaban J connectivity index is 2.00. The van der Waals surface area contributed by atoms with Crippen LogP contribution in [0, 0.1) is 0 Å². The summed E-state index contributed by atoms with van der Waals surface area (Å²) in [5, 5.41) is 9.75. The van der Waals surface area contributed by atoms with Crippen molar-refractivity contribution in [1.29, 1.82) is 0 Å². The van der Waals surface area contributed by atoms with E-state index in [4.69, 9.17) is 11.6 Å². The zero-order valence-electron chi connectivity index (χ0n) is 8.75. The minimum Gasteiger partial charge on any atom is -0.506 e. The van der Waals surface area contributed by atoms with Crippen LogP contribution in [0.25, 0.3) is 0 Å². The third-order valence-corrected chi connectivity index (χ3v) is 3.17. The lowest BCUT2D eigenvalue weighted by atomic mass is 10.1. The minimum absolute atomic E-state index is 0.166. The standard InChI is InChI=1S/C12H16ClNO/c13-11-8-10(4-5-12(11)15)9-14-6-2-1-3-7-14/h4-5,8,15H,1-3,6-7,9H2. The van der Waals surface area contributed by atoms with Crippen LogP contribution in [0.5, 0.6) is 5.75 Å². The lowest BCUT2D eigenvalue weighted by Gasteiger charge is -2.26. The van der Waals surface area contributed by atoms with E-state index in [1.807, 2.05) is 12.1 Å². The maximum atomic E-state index is 9.30. The molecular weight excluding hydrogens is 210 g/mol. The maximum absolute atomic E-state index is 9.30. The smallest absolute Gasteiger partial charge is 0.134 e. The Labute approximate surface area is 95.5 Å². The number of rotatable bonds is 2. The predicted molar refractivity (Wildman–Crippen MR) is 62.2 cm³/mol. The van der Waals surface area contributed by atoms with Crippen LogP contribution < -0.4 is 0 Å². The third-order valence-electron chi connectivity index (χ3n) is 2.87. The Morgan fingerprint density at radius 3 is 2.60 bits per heavy atom. The lowest BCUT2D eigenvalue weighted by Crippen LogP contribution is -2.29. The molecule has 0 atom stereocenters. The van der Waals surface area contributed by atoms with Gasteiger partial charge >= 0.3 is 0 Å². The average Bonchev–Trinajstić information content (AvgIpc) is 2.25. The molecule has 1 saturated heterocycles. The summed E-state index contributed by atoms with van der Waals surface area (Å²) in [7, 11) is 0. The van der Waals surface area contributed by atoms with Crippen molar-refractivity contribution in [3.8, 4) is 5.75 Å². The molecule has 0 aliphatic carbocycles. The molecule has 0 bridgehead atoms. The second-order valence-electron chi connectivity index (χ2n) is 4.12. The Morgan fingerprint density at radius 1 is 1.20 bits per heavy atom. The van der Waals surface area contributed by atoms with Crippen molar-refractivity contribution in [3.05, 3.63) is 28.8 Å². The maximum Gasteiger partial charge on any atom is 0.134 e. The highest BCUT2D eigenvalue weighted by Crippen LogP contribution is 2.24. The largest absolute Gasteiger partial charge is 0.506 e. The Hall–Kier alpha value is -0.730. The van der Waals surface area contributed by atoms with E-state index in [0.29, 0.717) is 5.02 Å². The number of likely N-dealkylation sites (tertiary alicyclic amines) is 1. The molecule has 0 amide bonds. The molecule has 1 aliphatic heterocycles. The Kier molecular flexibility index (Phi) is 3.49. The molecule has 1 fully saturated rings. The summed E-state index contributed by atoms with van der Waals surface area (Å²) >= 11 is 5.86. The molecule has 3 heteroatoms. The number of phenols is 1. The second kappa shape index (κ2) is 4.86. The number of nitrogens with zero attached hydrogens (tertiary/aromatic N) is 1. The summed E-state index contributed by atoms with van der Waals surface area (Å²) < 4.78 is 0. The number of halogens is 1. The van der Waals surface area contributed by atoms with Crippen LogP contribution >= 0.6 is 11.6 Å². The number of phenolic OH excluding ortho intramolecular Hbond substituents is 1. The van der Waals surface area contributed by atoms with E-state index in [9.17, 15) is 5.11 Å². The fourth-order valence-corrected chi connectivity index (χ4v) is 2.23. The summed E-state index contributed by atoms with van der Waals surface area (Å²) in [5.74, 6) is 0.166. The van der Waals surface area contributed by atoms with Crippen LogP contribution in [-0.2, 0) is 6.54 Å². The first kappa shape index (κ1) is 10.8. The summed E-state index contributed by atoms with van der Waals surface area (Å²) in [5.41, 5.74) is 1.18. The summed E-state index contributed by atoms with van der Waals surface area (Å²) in [6.45, 7) is 3.30. The van der Waals surface area contributed by atoms with Crippen LogP contribution in [0.3, 0.4) is 0 Å². The number of benzene rings is 1. The monoisotopic (exact) mass is 225 g/mol. The number of piperidine rings is 1. The van der Waals surface area contributed by atoms with Gasteiger partial charge in [-0.05, 0) is 43.6 Å². The summed E-state index contributed by atoms with van der Waals surface area (Å²) in [6.07, 6.45) is 3.95. The molecule has 1 aromatic carbocycles. The molecule has 0 saturated carbocycles. The molecule has 0 aromatic heterocycles. The molecular formula is C12H16ClNO. The highest BCUT2D eigenvalue weighted by Gasteiger charge is 2.10. The quantitative estimate of drug-likeness (QED) is 0.837. The van der Waals surface area contributed by atoms with E-state index in [0.717, 1.165) is 6.54 Å². The van der Waals surface area contributed by atoms with E-state index in [1.165, 1.54) is 37.9 Å². The molecule has 82 valence electrons. The van der Waals surface area contributed by atoms with Crippen molar-refractivity contribution in [2.75, 3.05) is 13.1 Å². The van der Waals surface area contributed by atoms with Gasteiger partial charge in [0.05, 0.1) is 5.02 Å². The van der Waals surface area contributed by atoms with Crippen molar-refractivity contribution >= 4 is 11.6 Å². The van der Waals surface area contributed by atoms with E-state index >= 15 is 0 Å². The van der Waals surface area contributed by atoms with Gasteiger partial charge in [-0.25, -0.2) is 0 Å². The molecule has 15 heavy (non-hydrogen) atoms. The van der Waals surface area contributed by atoms with Gasteiger partial charge in [0.25, 0.3) is 0 Å². The van der Waals surface area contributed by atoms with Gasteiger partial charge in [-0.1, -0.05) is 24.1 Å². The number of hydrogen-bond donors (Lipinski definition) is 1. The SMILES string of the molecule is Oc1ccc(CN2CCCCC2)cc1Cl. The van der Waals surface area contributed by atoms with Crippen LogP contribution in [-0.4, -0.2) is 23.1 Å². The molecule has 2 rings (SSSR count). The molecule has 1 heterocycles. The first-order valence-electron chi connectivity index (χ1n) is 5.45. The molecule has 0 radical (unpaired) electrons. The predicted octanol–water partition coefficient (Wildman–Crippen LogP) is 3.03. The number of hydrogen-bond acceptors (Lipinski definition) is 2. The van der Waals surface area contributed by atoms with Crippen LogP contribution in [0.2, 0.25) is 5.02 Å². The van der Waals surface area contributed by atoms with Gasteiger partial charge in [-0.2, -0.15) is 0 Å². The van der Waals surface area contributed by atoms with Gasteiger partial charge in [-0.3, -0.25) is 4.90 Å². The summed E-state index contributed by atoms with van der Waals surface area (Å²) in [4.78, 5) is 2.44. The highest BCUT2D eigenvalue weighted by molar-refractivity contribution is 6.32. The van der Waals surface area contributed by atoms with Gasteiger partial charge in [0, 0.05) is 6.54 Å². The molecule has 1 aromatic rings. The fraction of sp³-hybridized carbons (Fsp3) is 0.500. The van der Waals surface area contributed by atoms with Crippen LogP contribution in [0.1, 0.15) is 24.8 Å². The van der Waals surface area contributed by atoms with Crippen molar-refractivity contribution in [2.45, 2.75) is 25.8 Å². The second-order valence-corrected chi connectivity index (χ2v) is 4.53. The normalized spacial score (nSPS) is 17.9. The average molecular weight is 226 g/mol. The van der Waals surface area contributed by atoms with E-state index in [1.54, 1.807) is 6.07 Å². The van der Waals surface area contributed by atoms with E-state index in [2.05, 4.69) is 4.90 Å². The van der Waals surface area contributed by atoms with E-state index in [-0.39, 0.29) is 5.75 Å². The Bertz CT molecular complexity index is 334.